The Balaban J connectivity index is 1.76. The van der Waals surface area contributed by atoms with Crippen molar-refractivity contribution in [3.05, 3.63) is 29.5 Å². The van der Waals surface area contributed by atoms with Crippen molar-refractivity contribution in [2.45, 2.75) is 38.8 Å². The van der Waals surface area contributed by atoms with Gasteiger partial charge in [0.2, 0.25) is 5.89 Å². The van der Waals surface area contributed by atoms with Gasteiger partial charge in [-0.25, -0.2) is 9.78 Å². The van der Waals surface area contributed by atoms with Crippen LogP contribution in [-0.2, 0) is 11.3 Å². The van der Waals surface area contributed by atoms with Crippen LogP contribution < -0.4 is 5.32 Å². The molecule has 7 heteroatoms. The zero-order valence-electron chi connectivity index (χ0n) is 12.5. The molecule has 1 atom stereocenters. The number of aromatic nitrogens is 1. The fourth-order valence-electron chi connectivity index (χ4n) is 2.62. The van der Waals surface area contributed by atoms with Crippen LogP contribution >= 0.6 is 11.3 Å². The molecule has 22 heavy (non-hydrogen) atoms. The van der Waals surface area contributed by atoms with Gasteiger partial charge in [0.05, 0.1) is 17.1 Å². The maximum absolute atomic E-state index is 12.5. The van der Waals surface area contributed by atoms with Crippen molar-refractivity contribution in [1.82, 2.24) is 15.2 Å². The van der Waals surface area contributed by atoms with Gasteiger partial charge in [0.25, 0.3) is 5.91 Å². The zero-order chi connectivity index (χ0) is 15.7. The third-order valence-corrected chi connectivity index (χ3v) is 4.56. The summed E-state index contributed by atoms with van der Waals surface area (Å²) in [5.74, 6) is 0.299. The summed E-state index contributed by atoms with van der Waals surface area (Å²) in [6.45, 7) is 3.87. The number of nitrogens with one attached hydrogen (secondary N) is 1. The Morgan fingerprint density at radius 2 is 2.27 bits per heavy atom. The molecule has 1 saturated heterocycles. The number of thiophene rings is 1. The average Bonchev–Trinajstić information content (AvgIpc) is 3.17. The maximum Gasteiger partial charge on any atom is 0.325 e. The van der Waals surface area contributed by atoms with Gasteiger partial charge >= 0.3 is 6.03 Å². The molecule has 6 nitrogen and oxygen atoms in total. The lowest BCUT2D eigenvalue weighted by Gasteiger charge is -2.20. The number of oxazole rings is 1. The lowest BCUT2D eigenvalue weighted by Crippen LogP contribution is -2.43. The molecule has 0 radical (unpaired) electrons. The highest BCUT2D eigenvalue weighted by Gasteiger charge is 2.47. The van der Waals surface area contributed by atoms with E-state index in [0.717, 1.165) is 11.3 Å². The smallest absolute Gasteiger partial charge is 0.325 e. The third kappa shape index (κ3) is 2.52. The molecule has 3 rings (SSSR count). The molecule has 1 unspecified atom stereocenters. The van der Waals surface area contributed by atoms with Crippen molar-refractivity contribution in [1.29, 1.82) is 0 Å². The summed E-state index contributed by atoms with van der Waals surface area (Å²) in [4.78, 5) is 31.0. The minimum atomic E-state index is -0.813. The Morgan fingerprint density at radius 1 is 1.45 bits per heavy atom. The van der Waals surface area contributed by atoms with E-state index < -0.39 is 5.54 Å². The maximum atomic E-state index is 12.5. The number of nitrogens with zero attached hydrogens (tertiary/aromatic N) is 2. The summed E-state index contributed by atoms with van der Waals surface area (Å²) in [5, 5.41) is 4.70. The molecule has 2 aromatic rings. The van der Waals surface area contributed by atoms with Crippen molar-refractivity contribution < 1.29 is 14.0 Å². The summed E-state index contributed by atoms with van der Waals surface area (Å²) in [5.41, 5.74) is -0.251. The Morgan fingerprint density at radius 3 is 2.95 bits per heavy atom. The van der Waals surface area contributed by atoms with Crippen LogP contribution in [-0.4, -0.2) is 27.4 Å². The third-order valence-electron chi connectivity index (χ3n) is 3.70. The summed E-state index contributed by atoms with van der Waals surface area (Å²) >= 11 is 1.52. The van der Waals surface area contributed by atoms with Crippen molar-refractivity contribution >= 4 is 23.3 Å². The molecule has 0 bridgehead atoms. The van der Waals surface area contributed by atoms with Gasteiger partial charge in [-0.1, -0.05) is 19.4 Å². The zero-order valence-corrected chi connectivity index (χ0v) is 13.3. The summed E-state index contributed by atoms with van der Waals surface area (Å²) in [6.07, 6.45) is 2.93. The first-order valence-corrected chi connectivity index (χ1v) is 8.04. The molecule has 3 amide bonds. The number of rotatable bonds is 5. The largest absolute Gasteiger partial charge is 0.443 e. The fourth-order valence-corrected chi connectivity index (χ4v) is 3.27. The minimum absolute atomic E-state index is 0.124. The van der Waals surface area contributed by atoms with Crippen LogP contribution in [0, 0.1) is 0 Å². The fraction of sp³-hybridized carbons (Fsp3) is 0.400. The van der Waals surface area contributed by atoms with E-state index in [9.17, 15) is 9.59 Å². The second kappa shape index (κ2) is 5.57. The van der Waals surface area contributed by atoms with Crippen molar-refractivity contribution in [2.75, 3.05) is 0 Å². The van der Waals surface area contributed by atoms with Crippen LogP contribution in [0.1, 0.15) is 32.4 Å². The summed E-state index contributed by atoms with van der Waals surface area (Å²) < 4.78 is 5.42. The summed E-state index contributed by atoms with van der Waals surface area (Å²) in [7, 11) is 0. The number of carbonyl (C=O) groups is 2. The highest BCUT2D eigenvalue weighted by molar-refractivity contribution is 7.13. The molecular formula is C15H17N3O3S. The second-order valence-corrected chi connectivity index (χ2v) is 6.47. The predicted octanol–water partition coefficient (Wildman–Crippen LogP) is 3.01. The van der Waals surface area contributed by atoms with Crippen LogP contribution in [0.3, 0.4) is 0 Å². The van der Waals surface area contributed by atoms with Gasteiger partial charge in [-0.2, -0.15) is 0 Å². The highest BCUT2D eigenvalue weighted by Crippen LogP contribution is 2.26. The van der Waals surface area contributed by atoms with Gasteiger partial charge in [0, 0.05) is 0 Å². The van der Waals surface area contributed by atoms with E-state index in [2.05, 4.69) is 10.3 Å². The molecule has 3 heterocycles. The number of hydrogen-bond donors (Lipinski definition) is 1. The Kier molecular flexibility index (Phi) is 3.74. The first-order chi connectivity index (χ1) is 10.5. The minimum Gasteiger partial charge on any atom is -0.443 e. The lowest BCUT2D eigenvalue weighted by atomic mass is 9.96. The normalized spacial score (nSPS) is 21.5. The van der Waals surface area contributed by atoms with Crippen LogP contribution in [0.25, 0.3) is 10.8 Å². The molecular weight excluding hydrogens is 302 g/mol. The van der Waals surface area contributed by atoms with Gasteiger partial charge in [0.15, 0.2) is 0 Å². The van der Waals surface area contributed by atoms with Crippen molar-refractivity contribution in [3.63, 3.8) is 0 Å². The molecule has 116 valence electrons. The van der Waals surface area contributed by atoms with Gasteiger partial charge in [0.1, 0.15) is 11.8 Å². The number of urea groups is 1. The van der Waals surface area contributed by atoms with E-state index >= 15 is 0 Å². The highest BCUT2D eigenvalue weighted by atomic mass is 32.1. The van der Waals surface area contributed by atoms with Gasteiger partial charge in [-0.3, -0.25) is 9.69 Å². The monoisotopic (exact) mass is 319 g/mol. The van der Waals surface area contributed by atoms with Crippen LogP contribution in [0.5, 0.6) is 0 Å². The predicted molar refractivity (Wildman–Crippen MR) is 82.2 cm³/mol. The van der Waals surface area contributed by atoms with Crippen molar-refractivity contribution in [2.24, 2.45) is 0 Å². The quantitative estimate of drug-likeness (QED) is 0.860. The first kappa shape index (κ1) is 14.8. The standard InChI is InChI=1S/C15H17N3O3S/c1-3-6-15(2)13(19)18(14(20)17-15)8-10-9-21-12(16-10)11-5-4-7-22-11/h4-5,7,9H,3,6,8H2,1-2H3,(H,17,20). The van der Waals surface area contributed by atoms with E-state index in [4.69, 9.17) is 4.42 Å². The molecule has 1 aliphatic rings. The Bertz CT molecular complexity index is 695. The molecule has 1 fully saturated rings. The molecule has 0 spiro atoms. The van der Waals surface area contributed by atoms with E-state index in [1.807, 2.05) is 24.4 Å². The average molecular weight is 319 g/mol. The summed E-state index contributed by atoms with van der Waals surface area (Å²) in [6, 6.07) is 3.45. The number of amides is 3. The van der Waals surface area contributed by atoms with Crippen molar-refractivity contribution in [3.8, 4) is 10.8 Å². The van der Waals surface area contributed by atoms with E-state index in [1.54, 1.807) is 6.92 Å². The van der Waals surface area contributed by atoms with E-state index in [-0.39, 0.29) is 18.5 Å². The number of hydrogen-bond acceptors (Lipinski definition) is 5. The molecule has 0 aromatic carbocycles. The van der Waals surface area contributed by atoms with Crippen LogP contribution in [0.2, 0.25) is 0 Å². The van der Waals surface area contributed by atoms with E-state index in [1.165, 1.54) is 22.5 Å². The Labute approximate surface area is 132 Å². The van der Waals surface area contributed by atoms with Gasteiger partial charge in [-0.15, -0.1) is 11.3 Å². The number of carbonyl (C=O) groups excluding carboxylic acids is 2. The topological polar surface area (TPSA) is 75.4 Å². The van der Waals surface area contributed by atoms with E-state index in [0.29, 0.717) is 18.0 Å². The molecule has 2 aromatic heterocycles. The lowest BCUT2D eigenvalue weighted by molar-refractivity contribution is -0.131. The second-order valence-electron chi connectivity index (χ2n) is 5.52. The molecule has 0 aliphatic carbocycles. The molecule has 0 saturated carbocycles. The first-order valence-electron chi connectivity index (χ1n) is 7.16. The van der Waals surface area contributed by atoms with Crippen LogP contribution in [0.4, 0.5) is 4.79 Å². The van der Waals surface area contributed by atoms with Gasteiger partial charge < -0.3 is 9.73 Å². The molecule has 1 aliphatic heterocycles. The SMILES string of the molecule is CCCC1(C)NC(=O)N(Cc2coc(-c3cccs3)n2)C1=O. The van der Waals surface area contributed by atoms with Crippen LogP contribution in [0.15, 0.2) is 28.2 Å². The molecule has 1 N–H and O–H groups in total. The Hall–Kier alpha value is -2.15. The number of imide groups is 1. The van der Waals surface area contributed by atoms with Gasteiger partial charge in [-0.05, 0) is 24.8 Å².